The number of benzene rings is 1. The van der Waals surface area contributed by atoms with E-state index in [9.17, 15) is 14.7 Å². The van der Waals surface area contributed by atoms with Crippen molar-refractivity contribution in [3.63, 3.8) is 0 Å². The van der Waals surface area contributed by atoms with Gasteiger partial charge in [-0.05, 0) is 81.8 Å². The Morgan fingerprint density at radius 2 is 1.75 bits per heavy atom. The van der Waals surface area contributed by atoms with Crippen molar-refractivity contribution in [1.82, 2.24) is 0 Å². The molecule has 1 N–H and O–H groups in total. The van der Waals surface area contributed by atoms with E-state index in [-0.39, 0.29) is 36.6 Å². The molecule has 12 atom stereocenters. The molecular weight excluding hydrogens is 660 g/mol. The van der Waals surface area contributed by atoms with Gasteiger partial charge in [-0.1, -0.05) is 69.9 Å². The van der Waals surface area contributed by atoms with Crippen LogP contribution in [0.15, 0.2) is 47.1 Å². The fraction of sp³-hybridized carbons (Fsp3) is 0.698. The summed E-state index contributed by atoms with van der Waals surface area (Å²) in [5.41, 5.74) is -2.71. The number of hydrogen-bond donors (Lipinski definition) is 1. The summed E-state index contributed by atoms with van der Waals surface area (Å²) in [6.45, 7) is 8.24. The zero-order valence-electron chi connectivity index (χ0n) is 31.1. The van der Waals surface area contributed by atoms with Crippen molar-refractivity contribution in [3.8, 4) is 0 Å². The summed E-state index contributed by atoms with van der Waals surface area (Å²) >= 11 is 0. The minimum Gasteiger partial charge on any atom is -0.469 e. The monoisotopic (exact) mass is 714 g/mol. The van der Waals surface area contributed by atoms with E-state index in [1.165, 1.54) is 5.56 Å². The molecule has 9 heteroatoms. The van der Waals surface area contributed by atoms with E-state index in [0.717, 1.165) is 69.1 Å². The molecule has 2 spiro atoms. The molecule has 0 bridgehead atoms. The topological polar surface area (TPSA) is 125 Å². The number of cyclic esters (lactones) is 2. The summed E-state index contributed by atoms with van der Waals surface area (Å²) in [6, 6.07) is 12.5. The first-order valence-corrected chi connectivity index (χ1v) is 20.0. The molecule has 0 amide bonds. The van der Waals surface area contributed by atoms with Crippen LogP contribution >= 0.6 is 0 Å². The average molecular weight is 715 g/mol. The highest BCUT2D eigenvalue weighted by atomic mass is 16.7. The lowest BCUT2D eigenvalue weighted by atomic mass is 9.32. The first-order valence-electron chi connectivity index (χ1n) is 20.0. The van der Waals surface area contributed by atoms with Gasteiger partial charge >= 0.3 is 11.9 Å². The smallest absolute Gasteiger partial charge is 0.339 e. The Bertz CT molecular complexity index is 1750. The molecule has 9 nitrogen and oxygen atoms in total. The molecule has 1 aromatic carbocycles. The van der Waals surface area contributed by atoms with Crippen LogP contribution in [-0.4, -0.2) is 58.9 Å². The van der Waals surface area contributed by atoms with Crippen LogP contribution in [-0.2, 0) is 46.2 Å². The van der Waals surface area contributed by atoms with Gasteiger partial charge in [0.15, 0.2) is 11.9 Å². The number of aliphatic hydroxyl groups excluding tert-OH is 1. The fourth-order valence-electron chi connectivity index (χ4n) is 13.6. The third kappa shape index (κ3) is 4.42. The molecule has 7 fully saturated rings. The number of ketones is 1. The highest BCUT2D eigenvalue weighted by molar-refractivity contribution is 5.92. The van der Waals surface area contributed by atoms with E-state index < -0.39 is 63.8 Å². The fourth-order valence-corrected chi connectivity index (χ4v) is 13.6. The first-order chi connectivity index (χ1) is 25.0. The van der Waals surface area contributed by atoms with Crippen LogP contribution in [0.1, 0.15) is 115 Å². The van der Waals surface area contributed by atoms with E-state index in [2.05, 4.69) is 38.1 Å². The Kier molecular flexibility index (Phi) is 8.01. The summed E-state index contributed by atoms with van der Waals surface area (Å²) < 4.78 is 32.2. The van der Waals surface area contributed by atoms with E-state index in [4.69, 9.17) is 23.4 Å². The van der Waals surface area contributed by atoms with Gasteiger partial charge in [0, 0.05) is 28.2 Å². The Hall–Kier alpha value is -3.01. The summed E-state index contributed by atoms with van der Waals surface area (Å²) in [7, 11) is 0. The minimum absolute atomic E-state index is 0.0598. The van der Waals surface area contributed by atoms with Crippen molar-refractivity contribution in [2.24, 2.45) is 39.9 Å². The van der Waals surface area contributed by atoms with Crippen LogP contribution in [0.2, 0.25) is 0 Å². The van der Waals surface area contributed by atoms with Gasteiger partial charge in [0.1, 0.15) is 30.2 Å². The van der Waals surface area contributed by atoms with E-state index in [1.54, 1.807) is 6.26 Å². The number of carbonyl (C=O) groups excluding carboxylic acids is 3. The number of ether oxygens (including phenoxy) is 4. The molecule has 1 aromatic heterocycles. The Morgan fingerprint density at radius 1 is 0.942 bits per heavy atom. The molecule has 12 unspecified atom stereocenters. The number of aryl methyl sites for hydroxylation is 1. The second-order valence-corrected chi connectivity index (χ2v) is 18.1. The number of rotatable bonds is 8. The van der Waals surface area contributed by atoms with E-state index >= 15 is 4.79 Å². The van der Waals surface area contributed by atoms with Crippen molar-refractivity contribution in [1.29, 1.82) is 0 Å². The third-order valence-electron chi connectivity index (χ3n) is 15.3. The number of carbonyl (C=O) groups is 3. The van der Waals surface area contributed by atoms with Gasteiger partial charge < -0.3 is 28.5 Å². The van der Waals surface area contributed by atoms with Crippen LogP contribution in [0.3, 0.4) is 0 Å². The quantitative estimate of drug-likeness (QED) is 0.177. The highest BCUT2D eigenvalue weighted by Gasteiger charge is 2.92. The maximum Gasteiger partial charge on any atom is 0.339 e. The maximum absolute atomic E-state index is 15.3. The maximum atomic E-state index is 15.3. The van der Waals surface area contributed by atoms with E-state index in [1.807, 2.05) is 26.0 Å². The van der Waals surface area contributed by atoms with Gasteiger partial charge in [-0.3, -0.25) is 9.59 Å². The van der Waals surface area contributed by atoms with Crippen LogP contribution in [0, 0.1) is 39.9 Å². The number of hydrogen-bond acceptors (Lipinski definition) is 9. The molecule has 4 aliphatic heterocycles. The summed E-state index contributed by atoms with van der Waals surface area (Å²) in [5.74, 6) is -0.963. The molecule has 5 heterocycles. The number of unbranched alkanes of at least 4 members (excludes halogenated alkanes) is 2. The first kappa shape index (κ1) is 34.7. The Balaban J connectivity index is 1.23. The second-order valence-electron chi connectivity index (χ2n) is 18.1. The van der Waals surface area contributed by atoms with Gasteiger partial charge in [-0.2, -0.15) is 0 Å². The summed E-state index contributed by atoms with van der Waals surface area (Å²) in [4.78, 5) is 42.6. The van der Waals surface area contributed by atoms with Crippen molar-refractivity contribution in [2.75, 3.05) is 6.61 Å². The molecule has 3 aliphatic carbocycles. The SMILES string of the molecule is CCCCCc1occc1C1OC(=O)C2OC23C1(C)CCC1C24COC(=O)CC2OC(C)(C)C4C(=O)C(O)C13C1CCCC(Cc2ccccc2)C1. The number of Topliss-reactive ketones (excluding diaryl/α,β-unsaturated/α-hetero) is 1. The number of esters is 2. The van der Waals surface area contributed by atoms with Gasteiger partial charge in [-0.25, -0.2) is 4.79 Å². The Labute approximate surface area is 306 Å². The zero-order valence-corrected chi connectivity index (χ0v) is 31.1. The van der Waals surface area contributed by atoms with Crippen LogP contribution in [0.5, 0.6) is 0 Å². The lowest BCUT2D eigenvalue weighted by Crippen LogP contribution is -2.79. The molecule has 280 valence electrons. The number of epoxide rings is 1. The van der Waals surface area contributed by atoms with Crippen molar-refractivity contribution >= 4 is 17.7 Å². The highest BCUT2D eigenvalue weighted by Crippen LogP contribution is 2.82. The molecular formula is C43H54O9. The largest absolute Gasteiger partial charge is 0.469 e. The van der Waals surface area contributed by atoms with Crippen LogP contribution in [0.25, 0.3) is 0 Å². The molecule has 4 saturated heterocycles. The lowest BCUT2D eigenvalue weighted by molar-refractivity contribution is -0.276. The van der Waals surface area contributed by atoms with Gasteiger partial charge in [-0.15, -0.1) is 0 Å². The average Bonchev–Trinajstić information content (AvgIpc) is 3.65. The normalized spacial score (nSPS) is 44.4. The van der Waals surface area contributed by atoms with Crippen LogP contribution < -0.4 is 0 Å². The molecule has 3 saturated carbocycles. The van der Waals surface area contributed by atoms with Crippen molar-refractivity contribution in [2.45, 2.75) is 140 Å². The van der Waals surface area contributed by atoms with Gasteiger partial charge in [0.2, 0.25) is 0 Å². The van der Waals surface area contributed by atoms with Gasteiger partial charge in [0.05, 0.1) is 30.3 Å². The van der Waals surface area contributed by atoms with Gasteiger partial charge in [0.25, 0.3) is 0 Å². The summed E-state index contributed by atoms with van der Waals surface area (Å²) in [6.07, 6.45) is 7.90. The van der Waals surface area contributed by atoms with E-state index in [0.29, 0.717) is 18.8 Å². The standard InChI is InChI=1S/C43H54O9/c1-5-6-8-16-29-28(18-20-48-29)36-40(4)19-17-30-41-24-49-32(44)23-31(41)51-39(2,3)34(41)33(45)35(46)42(30,43(40)37(52-43)38(47)50-36)27-15-11-14-26(22-27)21-25-12-9-7-10-13-25/h7,9-10,12-13,18,20,26-27,30-31,34-37,46H,5-6,8,11,14-17,19,21-24H2,1-4H3. The molecule has 52 heavy (non-hydrogen) atoms. The summed E-state index contributed by atoms with van der Waals surface area (Å²) in [5, 5.41) is 13.2. The van der Waals surface area contributed by atoms with Crippen molar-refractivity contribution < 1.29 is 42.9 Å². The Morgan fingerprint density at radius 3 is 2.54 bits per heavy atom. The predicted octanol–water partition coefficient (Wildman–Crippen LogP) is 6.87. The predicted molar refractivity (Wildman–Crippen MR) is 189 cm³/mol. The minimum atomic E-state index is -1.39. The van der Waals surface area contributed by atoms with Crippen LogP contribution in [0.4, 0.5) is 0 Å². The zero-order chi connectivity index (χ0) is 36.3. The van der Waals surface area contributed by atoms with Crippen molar-refractivity contribution in [3.05, 3.63) is 59.5 Å². The molecule has 0 radical (unpaired) electrons. The molecule has 9 rings (SSSR count). The number of furan rings is 1. The second kappa shape index (κ2) is 12.0. The number of fused-ring (bicyclic) bond motifs is 1. The third-order valence-corrected chi connectivity index (χ3v) is 15.3. The molecule has 7 aliphatic rings. The molecule has 2 aromatic rings. The number of aliphatic hydroxyl groups is 1. The lowest BCUT2D eigenvalue weighted by Gasteiger charge is -2.70.